The number of aromatic amines is 1. The first-order valence-electron chi connectivity index (χ1n) is 11.5. The van der Waals surface area contributed by atoms with Crippen LogP contribution in [0.25, 0.3) is 0 Å². The van der Waals surface area contributed by atoms with Crippen LogP contribution in [0.3, 0.4) is 0 Å². The van der Waals surface area contributed by atoms with Gasteiger partial charge in [-0.25, -0.2) is 0 Å². The summed E-state index contributed by atoms with van der Waals surface area (Å²) in [5.41, 5.74) is 1.46. The van der Waals surface area contributed by atoms with Crippen molar-refractivity contribution < 1.29 is 14.3 Å². The molecule has 2 amide bonds. The van der Waals surface area contributed by atoms with Gasteiger partial charge < -0.3 is 14.5 Å². The number of nitrogens with zero attached hydrogens (tertiary/aromatic N) is 3. The summed E-state index contributed by atoms with van der Waals surface area (Å²) in [4.78, 5) is 30.3. The third kappa shape index (κ3) is 4.82. The fourth-order valence-corrected chi connectivity index (χ4v) is 4.98. The van der Waals surface area contributed by atoms with Crippen LogP contribution < -0.4 is 0 Å². The van der Waals surface area contributed by atoms with E-state index in [1.165, 1.54) is 12.8 Å². The summed E-state index contributed by atoms with van der Waals surface area (Å²) in [6, 6.07) is -0.0896. The van der Waals surface area contributed by atoms with Gasteiger partial charge in [0, 0.05) is 26.2 Å². The SMILES string of the molecule is O=C(c1cn[nH]c1C1CCCCN1C(=O)CC1CCCCO1)N1CCCCCC1. The molecular weight excluding hydrogens is 368 g/mol. The van der Waals surface area contributed by atoms with E-state index in [1.54, 1.807) is 6.20 Å². The van der Waals surface area contributed by atoms with Crippen molar-refractivity contribution in [2.45, 2.75) is 82.8 Å². The van der Waals surface area contributed by atoms with Crippen LogP contribution in [0.5, 0.6) is 0 Å². The lowest BCUT2D eigenvalue weighted by atomic mass is 9.95. The Morgan fingerprint density at radius 2 is 1.76 bits per heavy atom. The molecule has 29 heavy (non-hydrogen) atoms. The van der Waals surface area contributed by atoms with Crippen LogP contribution in [0.2, 0.25) is 0 Å². The maximum absolute atomic E-state index is 13.2. The molecule has 2 atom stereocenters. The summed E-state index contributed by atoms with van der Waals surface area (Å²) in [6.45, 7) is 3.13. The number of carbonyl (C=O) groups is 2. The Hall–Kier alpha value is -1.89. The number of nitrogens with one attached hydrogen (secondary N) is 1. The van der Waals surface area contributed by atoms with Crippen molar-refractivity contribution in [3.63, 3.8) is 0 Å². The molecule has 2 unspecified atom stereocenters. The second kappa shape index (κ2) is 9.74. The Morgan fingerprint density at radius 1 is 1.00 bits per heavy atom. The van der Waals surface area contributed by atoms with E-state index in [-0.39, 0.29) is 24.0 Å². The second-order valence-electron chi connectivity index (χ2n) is 8.70. The number of aromatic nitrogens is 2. The van der Waals surface area contributed by atoms with E-state index in [2.05, 4.69) is 10.2 Å². The number of ether oxygens (including phenoxy) is 1. The Labute approximate surface area is 173 Å². The van der Waals surface area contributed by atoms with Crippen molar-refractivity contribution in [2.75, 3.05) is 26.2 Å². The molecule has 1 aromatic rings. The Balaban J connectivity index is 1.49. The highest BCUT2D eigenvalue weighted by atomic mass is 16.5. The number of hydrogen-bond acceptors (Lipinski definition) is 4. The summed E-state index contributed by atoms with van der Waals surface area (Å²) in [5, 5.41) is 7.29. The summed E-state index contributed by atoms with van der Waals surface area (Å²) < 4.78 is 5.79. The van der Waals surface area contributed by atoms with Crippen LogP contribution in [-0.4, -0.2) is 64.2 Å². The van der Waals surface area contributed by atoms with Crippen LogP contribution in [-0.2, 0) is 9.53 Å². The zero-order valence-electron chi connectivity index (χ0n) is 17.4. The van der Waals surface area contributed by atoms with Crippen LogP contribution in [0.1, 0.15) is 92.7 Å². The molecule has 0 aliphatic carbocycles. The van der Waals surface area contributed by atoms with E-state index in [0.29, 0.717) is 12.0 Å². The van der Waals surface area contributed by atoms with Crippen molar-refractivity contribution in [3.05, 3.63) is 17.5 Å². The summed E-state index contributed by atoms with van der Waals surface area (Å²) in [7, 11) is 0. The predicted octanol–water partition coefficient (Wildman–Crippen LogP) is 3.44. The minimum atomic E-state index is -0.0896. The van der Waals surface area contributed by atoms with Crippen molar-refractivity contribution >= 4 is 11.8 Å². The topological polar surface area (TPSA) is 78.5 Å². The molecule has 7 heteroatoms. The highest BCUT2D eigenvalue weighted by molar-refractivity contribution is 5.95. The lowest BCUT2D eigenvalue weighted by Gasteiger charge is -2.37. The average molecular weight is 403 g/mol. The Kier molecular flexibility index (Phi) is 6.85. The Morgan fingerprint density at radius 3 is 2.52 bits per heavy atom. The molecule has 0 aromatic carbocycles. The fourth-order valence-electron chi connectivity index (χ4n) is 4.98. The zero-order chi connectivity index (χ0) is 20.1. The third-order valence-electron chi connectivity index (χ3n) is 6.63. The maximum atomic E-state index is 13.2. The molecule has 4 heterocycles. The standard InChI is InChI=1S/C22H34N4O3/c27-20(15-17-9-4-8-14-29-17)26-13-7-3-10-19(26)21-18(16-23-24-21)22(28)25-11-5-1-2-6-12-25/h16-17,19H,1-15H2,(H,23,24). The van der Waals surface area contributed by atoms with Crippen molar-refractivity contribution in [1.29, 1.82) is 0 Å². The van der Waals surface area contributed by atoms with Gasteiger partial charge in [0.25, 0.3) is 5.91 Å². The Bertz CT molecular complexity index is 690. The van der Waals surface area contributed by atoms with Gasteiger partial charge in [-0.1, -0.05) is 12.8 Å². The summed E-state index contributed by atoms with van der Waals surface area (Å²) in [6.07, 6.45) is 12.8. The molecule has 1 N–H and O–H groups in total. The minimum Gasteiger partial charge on any atom is -0.378 e. The number of H-pyrrole nitrogens is 1. The largest absolute Gasteiger partial charge is 0.378 e. The van der Waals surface area contributed by atoms with Crippen LogP contribution in [0.15, 0.2) is 6.20 Å². The average Bonchev–Trinajstić information content (AvgIpc) is 3.08. The number of rotatable bonds is 4. The van der Waals surface area contributed by atoms with E-state index in [9.17, 15) is 9.59 Å². The first kappa shape index (κ1) is 20.4. The van der Waals surface area contributed by atoms with Gasteiger partial charge in [-0.2, -0.15) is 5.10 Å². The van der Waals surface area contributed by atoms with Gasteiger partial charge in [0.1, 0.15) is 0 Å². The number of likely N-dealkylation sites (tertiary alicyclic amines) is 2. The number of carbonyl (C=O) groups excluding carboxylic acids is 2. The van der Waals surface area contributed by atoms with Crippen LogP contribution in [0, 0.1) is 0 Å². The lowest BCUT2D eigenvalue weighted by Crippen LogP contribution is -2.41. The zero-order valence-corrected chi connectivity index (χ0v) is 17.4. The molecule has 7 nitrogen and oxygen atoms in total. The molecule has 3 aliphatic heterocycles. The van der Waals surface area contributed by atoms with Gasteiger partial charge in [-0.05, 0) is 51.4 Å². The molecule has 3 aliphatic rings. The molecule has 0 saturated carbocycles. The van der Waals surface area contributed by atoms with E-state index < -0.39 is 0 Å². The molecule has 3 fully saturated rings. The maximum Gasteiger partial charge on any atom is 0.257 e. The number of hydrogen-bond donors (Lipinski definition) is 1. The van der Waals surface area contributed by atoms with Crippen LogP contribution >= 0.6 is 0 Å². The molecule has 160 valence electrons. The quantitative estimate of drug-likeness (QED) is 0.837. The third-order valence-corrected chi connectivity index (χ3v) is 6.63. The fraction of sp³-hybridized carbons (Fsp3) is 0.773. The van der Waals surface area contributed by atoms with Crippen molar-refractivity contribution in [2.24, 2.45) is 0 Å². The molecule has 0 spiro atoms. The summed E-state index contributed by atoms with van der Waals surface area (Å²) >= 11 is 0. The number of piperidine rings is 1. The van der Waals surface area contributed by atoms with Gasteiger partial charge in [0.15, 0.2) is 0 Å². The first-order valence-corrected chi connectivity index (χ1v) is 11.5. The lowest BCUT2D eigenvalue weighted by molar-refractivity contribution is -0.139. The normalized spacial score (nSPS) is 26.2. The molecular formula is C22H34N4O3. The molecule has 4 rings (SSSR count). The monoisotopic (exact) mass is 402 g/mol. The van der Waals surface area contributed by atoms with Crippen molar-refractivity contribution in [3.8, 4) is 0 Å². The van der Waals surface area contributed by atoms with Gasteiger partial charge in [-0.15, -0.1) is 0 Å². The van der Waals surface area contributed by atoms with Gasteiger partial charge in [0.05, 0.1) is 36.0 Å². The van der Waals surface area contributed by atoms with Gasteiger partial charge in [-0.3, -0.25) is 14.7 Å². The smallest absolute Gasteiger partial charge is 0.257 e. The molecule has 0 radical (unpaired) electrons. The van der Waals surface area contributed by atoms with E-state index in [0.717, 1.165) is 83.3 Å². The minimum absolute atomic E-state index is 0.0406. The molecule has 0 bridgehead atoms. The number of amides is 2. The predicted molar refractivity (Wildman–Crippen MR) is 109 cm³/mol. The van der Waals surface area contributed by atoms with E-state index in [4.69, 9.17) is 4.74 Å². The first-order chi connectivity index (χ1) is 14.2. The molecule has 3 saturated heterocycles. The molecule has 1 aromatic heterocycles. The van der Waals surface area contributed by atoms with Gasteiger partial charge >= 0.3 is 0 Å². The van der Waals surface area contributed by atoms with E-state index in [1.807, 2.05) is 9.80 Å². The van der Waals surface area contributed by atoms with Gasteiger partial charge in [0.2, 0.25) is 5.91 Å². The second-order valence-corrected chi connectivity index (χ2v) is 8.70. The van der Waals surface area contributed by atoms with E-state index >= 15 is 0 Å². The highest BCUT2D eigenvalue weighted by Gasteiger charge is 2.34. The van der Waals surface area contributed by atoms with Crippen LogP contribution in [0.4, 0.5) is 0 Å². The summed E-state index contributed by atoms with van der Waals surface area (Å²) in [5.74, 6) is 0.202. The highest BCUT2D eigenvalue weighted by Crippen LogP contribution is 2.33. The van der Waals surface area contributed by atoms with Crippen molar-refractivity contribution in [1.82, 2.24) is 20.0 Å².